The summed E-state index contributed by atoms with van der Waals surface area (Å²) >= 11 is 0. The Kier molecular flexibility index (Phi) is 4.71. The second-order valence-corrected chi connectivity index (χ2v) is 8.57. The third-order valence-electron chi connectivity index (χ3n) is 6.76. The average molecular weight is 379 g/mol. The molecule has 0 spiro atoms. The van der Waals surface area contributed by atoms with Crippen molar-refractivity contribution in [2.24, 2.45) is 0 Å². The molecule has 5 nitrogen and oxygen atoms in total. The van der Waals surface area contributed by atoms with Gasteiger partial charge < -0.3 is 10.2 Å². The van der Waals surface area contributed by atoms with E-state index in [-0.39, 0.29) is 5.91 Å². The first-order chi connectivity index (χ1) is 13.7. The van der Waals surface area contributed by atoms with Crippen molar-refractivity contribution in [3.63, 3.8) is 0 Å². The van der Waals surface area contributed by atoms with Crippen LogP contribution >= 0.6 is 0 Å². The highest BCUT2D eigenvalue weighted by molar-refractivity contribution is 5.94. The van der Waals surface area contributed by atoms with Crippen LogP contribution in [-0.2, 0) is 32.2 Å². The minimum Gasteiger partial charge on any atom is -0.337 e. The summed E-state index contributed by atoms with van der Waals surface area (Å²) in [7, 11) is 0. The molecule has 2 aliphatic carbocycles. The molecule has 2 aromatic rings. The zero-order chi connectivity index (χ0) is 19.1. The number of fused-ring (bicyclic) bond motifs is 2. The Bertz CT molecular complexity index is 856. The number of aromatic nitrogens is 2. The first-order valence-corrected chi connectivity index (χ1v) is 10.9. The zero-order valence-corrected chi connectivity index (χ0v) is 16.8. The zero-order valence-electron chi connectivity index (χ0n) is 16.8. The standard InChI is InChI=1S/C23H30N4O/c1-2-27-21-10-9-18(24-19-13-16-7-3-4-8-17(16)14-19)15-20(21)22(25-27)23(28)26-11-5-6-12-26/h3-4,7-8,18-19,24H,2,5-6,9-15H2,1H3/t18-/m0/s1. The number of amides is 1. The minimum atomic E-state index is 0.148. The molecule has 1 aromatic carbocycles. The Balaban J connectivity index is 1.33. The third-order valence-corrected chi connectivity index (χ3v) is 6.76. The Morgan fingerprint density at radius 2 is 1.82 bits per heavy atom. The molecule has 1 saturated heterocycles. The summed E-state index contributed by atoms with van der Waals surface area (Å²) in [6.07, 6.45) is 7.55. The molecule has 1 amide bonds. The highest BCUT2D eigenvalue weighted by atomic mass is 16.2. The average Bonchev–Trinajstić information content (AvgIpc) is 3.45. The van der Waals surface area contributed by atoms with Crippen LogP contribution in [0.1, 0.15) is 59.1 Å². The van der Waals surface area contributed by atoms with E-state index in [0.29, 0.717) is 12.1 Å². The molecule has 0 unspecified atom stereocenters. The van der Waals surface area contributed by atoms with Crippen LogP contribution < -0.4 is 5.32 Å². The second-order valence-electron chi connectivity index (χ2n) is 8.57. The maximum atomic E-state index is 13.1. The van der Waals surface area contributed by atoms with Crippen LogP contribution in [0.4, 0.5) is 0 Å². The number of hydrogen-bond acceptors (Lipinski definition) is 3. The van der Waals surface area contributed by atoms with Gasteiger partial charge in [-0.3, -0.25) is 9.48 Å². The van der Waals surface area contributed by atoms with Crippen LogP contribution in [0.2, 0.25) is 0 Å². The van der Waals surface area contributed by atoms with E-state index in [1.807, 2.05) is 4.90 Å². The van der Waals surface area contributed by atoms with Gasteiger partial charge in [-0.2, -0.15) is 5.10 Å². The minimum absolute atomic E-state index is 0.148. The predicted octanol–water partition coefficient (Wildman–Crippen LogP) is 2.75. The quantitative estimate of drug-likeness (QED) is 0.890. The van der Waals surface area contributed by atoms with E-state index in [2.05, 4.69) is 41.2 Å². The lowest BCUT2D eigenvalue weighted by Gasteiger charge is -2.27. The van der Waals surface area contributed by atoms with Crippen LogP contribution in [0.5, 0.6) is 0 Å². The van der Waals surface area contributed by atoms with E-state index in [1.54, 1.807) is 0 Å². The van der Waals surface area contributed by atoms with Gasteiger partial charge in [0.25, 0.3) is 5.91 Å². The number of carbonyl (C=O) groups is 1. The molecule has 28 heavy (non-hydrogen) atoms. The van der Waals surface area contributed by atoms with Crippen molar-refractivity contribution < 1.29 is 4.79 Å². The number of aryl methyl sites for hydroxylation is 1. The summed E-state index contributed by atoms with van der Waals surface area (Å²) in [6, 6.07) is 9.75. The molecule has 5 rings (SSSR count). The maximum absolute atomic E-state index is 13.1. The molecular formula is C23H30N4O. The van der Waals surface area contributed by atoms with Crippen molar-refractivity contribution in [3.05, 3.63) is 52.3 Å². The SMILES string of the molecule is CCn1nc(C(=O)N2CCCC2)c2c1CC[C@H](NC1Cc3ccccc3C1)C2. The number of nitrogens with one attached hydrogen (secondary N) is 1. The summed E-state index contributed by atoms with van der Waals surface area (Å²) in [5.74, 6) is 0.148. The normalized spacial score (nSPS) is 21.8. The van der Waals surface area contributed by atoms with E-state index in [0.717, 1.165) is 70.3 Å². The van der Waals surface area contributed by atoms with Gasteiger partial charge in [0.15, 0.2) is 5.69 Å². The smallest absolute Gasteiger partial charge is 0.274 e. The van der Waals surface area contributed by atoms with Gasteiger partial charge in [0.05, 0.1) is 0 Å². The molecule has 1 N–H and O–H groups in total. The molecule has 1 atom stereocenters. The lowest BCUT2D eigenvalue weighted by atomic mass is 9.90. The van der Waals surface area contributed by atoms with Crippen molar-refractivity contribution in [2.45, 2.75) is 70.5 Å². The van der Waals surface area contributed by atoms with Crippen LogP contribution in [0, 0.1) is 0 Å². The van der Waals surface area contributed by atoms with Crippen LogP contribution in [0.3, 0.4) is 0 Å². The predicted molar refractivity (Wildman–Crippen MR) is 110 cm³/mol. The largest absolute Gasteiger partial charge is 0.337 e. The van der Waals surface area contributed by atoms with Crippen LogP contribution in [-0.4, -0.2) is 45.8 Å². The van der Waals surface area contributed by atoms with Crippen molar-refractivity contribution in [2.75, 3.05) is 13.1 Å². The van der Waals surface area contributed by atoms with E-state index < -0.39 is 0 Å². The molecule has 1 fully saturated rings. The molecule has 148 valence electrons. The number of carbonyl (C=O) groups excluding carboxylic acids is 1. The van der Waals surface area contributed by atoms with Crippen molar-refractivity contribution in [1.29, 1.82) is 0 Å². The molecule has 0 radical (unpaired) electrons. The fourth-order valence-electron chi connectivity index (χ4n) is 5.34. The van der Waals surface area contributed by atoms with Gasteiger partial charge >= 0.3 is 0 Å². The van der Waals surface area contributed by atoms with Gasteiger partial charge in [0.1, 0.15) is 0 Å². The number of rotatable bonds is 4. The molecule has 1 aromatic heterocycles. The summed E-state index contributed by atoms with van der Waals surface area (Å²) in [5.41, 5.74) is 6.19. The summed E-state index contributed by atoms with van der Waals surface area (Å²) in [4.78, 5) is 15.1. The van der Waals surface area contributed by atoms with Crippen molar-refractivity contribution in [3.8, 4) is 0 Å². The monoisotopic (exact) mass is 378 g/mol. The lowest BCUT2D eigenvalue weighted by molar-refractivity contribution is 0.0785. The summed E-state index contributed by atoms with van der Waals surface area (Å²) < 4.78 is 2.07. The molecule has 1 aliphatic heterocycles. The van der Waals surface area contributed by atoms with E-state index >= 15 is 0 Å². The van der Waals surface area contributed by atoms with Gasteiger partial charge in [-0.05, 0) is 63.0 Å². The summed E-state index contributed by atoms with van der Waals surface area (Å²) in [5, 5.41) is 8.66. The van der Waals surface area contributed by atoms with E-state index in [9.17, 15) is 4.79 Å². The fraction of sp³-hybridized carbons (Fsp3) is 0.565. The Labute approximate surface area is 167 Å². The Morgan fingerprint density at radius 3 is 2.50 bits per heavy atom. The molecule has 0 saturated carbocycles. The fourth-order valence-corrected chi connectivity index (χ4v) is 5.34. The molecule has 3 aliphatic rings. The first kappa shape index (κ1) is 17.9. The van der Waals surface area contributed by atoms with Crippen molar-refractivity contribution in [1.82, 2.24) is 20.0 Å². The highest BCUT2D eigenvalue weighted by Crippen LogP contribution is 2.29. The molecule has 2 heterocycles. The highest BCUT2D eigenvalue weighted by Gasteiger charge is 2.33. The number of likely N-dealkylation sites (tertiary alicyclic amines) is 1. The van der Waals surface area contributed by atoms with E-state index in [4.69, 9.17) is 5.10 Å². The number of hydrogen-bond donors (Lipinski definition) is 1. The van der Waals surface area contributed by atoms with Crippen LogP contribution in [0.25, 0.3) is 0 Å². The lowest BCUT2D eigenvalue weighted by Crippen LogP contribution is -2.42. The third kappa shape index (κ3) is 3.16. The van der Waals surface area contributed by atoms with E-state index in [1.165, 1.54) is 22.4 Å². The first-order valence-electron chi connectivity index (χ1n) is 10.9. The Morgan fingerprint density at radius 1 is 1.11 bits per heavy atom. The van der Waals surface area contributed by atoms with Crippen LogP contribution in [0.15, 0.2) is 24.3 Å². The van der Waals surface area contributed by atoms with Crippen molar-refractivity contribution >= 4 is 5.91 Å². The van der Waals surface area contributed by atoms with Gasteiger partial charge in [-0.25, -0.2) is 0 Å². The summed E-state index contributed by atoms with van der Waals surface area (Å²) in [6.45, 7) is 4.73. The number of nitrogens with zero attached hydrogens (tertiary/aromatic N) is 3. The second kappa shape index (κ2) is 7.36. The van der Waals surface area contributed by atoms with Gasteiger partial charge in [0.2, 0.25) is 0 Å². The molecular weight excluding hydrogens is 348 g/mol. The van der Waals surface area contributed by atoms with Gasteiger partial charge in [0, 0.05) is 43.0 Å². The molecule has 0 bridgehead atoms. The van der Waals surface area contributed by atoms with Gasteiger partial charge in [-0.1, -0.05) is 24.3 Å². The molecule has 5 heteroatoms. The number of benzene rings is 1. The topological polar surface area (TPSA) is 50.2 Å². The Hall–Kier alpha value is -2.14. The maximum Gasteiger partial charge on any atom is 0.274 e. The van der Waals surface area contributed by atoms with Gasteiger partial charge in [-0.15, -0.1) is 0 Å².